The van der Waals surface area contributed by atoms with Crippen molar-refractivity contribution in [1.29, 1.82) is 0 Å². The Morgan fingerprint density at radius 3 is 2.53 bits per heavy atom. The minimum atomic E-state index is -0.988. The zero-order valence-electron chi connectivity index (χ0n) is 21.1. The lowest BCUT2D eigenvalue weighted by Crippen LogP contribution is -2.62. The molecule has 0 radical (unpaired) electrons. The number of nitrogens with one attached hydrogen (secondary N) is 1. The molecule has 4 rings (SSSR count). The van der Waals surface area contributed by atoms with Crippen LogP contribution in [0.25, 0.3) is 6.08 Å². The lowest BCUT2D eigenvalue weighted by molar-refractivity contribution is -0.545. The molecular weight excluding hydrogens is 556 g/mol. The SMILES string of the molecule is COc1ccc(OCC(O)C[N+]2=C(N/N=C/C(Br)=C/c3ccccc3)N=C3C2C(=O)N(C)C(=O)N3C)cc1. The molecule has 2 aliphatic rings. The second kappa shape index (κ2) is 12.0. The number of guanidine groups is 1. The maximum absolute atomic E-state index is 13.1. The number of imide groups is 1. The normalized spacial score (nSPS) is 18.6. The van der Waals surface area contributed by atoms with Crippen LogP contribution < -0.4 is 14.9 Å². The van der Waals surface area contributed by atoms with E-state index < -0.39 is 24.1 Å². The molecule has 198 valence electrons. The number of allylic oxidation sites excluding steroid dienone is 1. The molecule has 11 nitrogen and oxygen atoms in total. The first-order valence-electron chi connectivity index (χ1n) is 11.7. The number of amides is 3. The maximum atomic E-state index is 13.1. The number of amidine groups is 1. The number of benzene rings is 2. The third kappa shape index (κ3) is 6.09. The van der Waals surface area contributed by atoms with Gasteiger partial charge in [-0.3, -0.25) is 14.6 Å². The van der Waals surface area contributed by atoms with Gasteiger partial charge < -0.3 is 14.6 Å². The van der Waals surface area contributed by atoms with E-state index in [-0.39, 0.29) is 24.9 Å². The number of halogens is 1. The Labute approximate surface area is 228 Å². The fourth-order valence-corrected chi connectivity index (χ4v) is 4.29. The number of aliphatic hydroxyl groups is 1. The van der Waals surface area contributed by atoms with Gasteiger partial charge in [0.15, 0.2) is 0 Å². The van der Waals surface area contributed by atoms with Crippen molar-refractivity contribution in [1.82, 2.24) is 15.2 Å². The molecule has 2 unspecified atom stereocenters. The zero-order valence-corrected chi connectivity index (χ0v) is 22.7. The summed E-state index contributed by atoms with van der Waals surface area (Å²) in [7, 11) is 4.53. The summed E-state index contributed by atoms with van der Waals surface area (Å²) >= 11 is 3.46. The van der Waals surface area contributed by atoms with E-state index in [2.05, 4.69) is 31.4 Å². The molecule has 1 saturated heterocycles. The number of carbonyl (C=O) groups is 2. The molecule has 3 amide bonds. The lowest BCUT2D eigenvalue weighted by atomic mass is 10.1. The highest BCUT2D eigenvalue weighted by molar-refractivity contribution is 9.12. The van der Waals surface area contributed by atoms with E-state index in [9.17, 15) is 14.7 Å². The molecule has 2 heterocycles. The van der Waals surface area contributed by atoms with Crippen LogP contribution in [0.5, 0.6) is 11.5 Å². The van der Waals surface area contributed by atoms with Gasteiger partial charge in [-0.15, -0.1) is 5.10 Å². The van der Waals surface area contributed by atoms with Crippen LogP contribution in [0.3, 0.4) is 0 Å². The summed E-state index contributed by atoms with van der Waals surface area (Å²) in [5, 5.41) is 15.0. The molecule has 12 heteroatoms. The van der Waals surface area contributed by atoms with Crippen LogP contribution in [0, 0.1) is 0 Å². The third-order valence-corrected chi connectivity index (χ3v) is 6.33. The van der Waals surface area contributed by atoms with Crippen molar-refractivity contribution >= 4 is 52.0 Å². The van der Waals surface area contributed by atoms with Crippen molar-refractivity contribution in [2.75, 3.05) is 34.4 Å². The number of hydrogen-bond acceptors (Lipinski definition) is 8. The Kier molecular flexibility index (Phi) is 8.54. The Hall–Kier alpha value is -4.03. The number of carbonyl (C=O) groups excluding carboxylic acids is 2. The summed E-state index contributed by atoms with van der Waals surface area (Å²) in [5.41, 5.74) is 3.83. The largest absolute Gasteiger partial charge is 0.497 e. The van der Waals surface area contributed by atoms with E-state index in [1.165, 1.54) is 11.9 Å². The predicted molar refractivity (Wildman–Crippen MR) is 147 cm³/mol. The predicted octanol–water partition coefficient (Wildman–Crippen LogP) is 2.12. The van der Waals surface area contributed by atoms with Gasteiger partial charge in [-0.1, -0.05) is 35.3 Å². The molecule has 1 fully saturated rings. The molecule has 2 aromatic rings. The standard InChI is InChI=1S/C26H27BrN6O5/c1-31-23-22(24(35)32(2)26(31)36)33(15-19(34)16-38-21-11-9-20(37-3)10-12-21)25(29-23)30-28-14-18(27)13-17-7-5-4-6-8-17/h4-14,19,22,34H,15-16H2,1-3H3/p+1/b18-13-,28-14+. The van der Waals surface area contributed by atoms with Crippen LogP contribution in [-0.2, 0) is 4.79 Å². The number of hydrogen-bond donors (Lipinski definition) is 2. The summed E-state index contributed by atoms with van der Waals surface area (Å²) in [6.45, 7) is -0.0418. The van der Waals surface area contributed by atoms with Crippen LogP contribution in [-0.4, -0.2) is 95.9 Å². The molecule has 2 atom stereocenters. The van der Waals surface area contributed by atoms with Gasteiger partial charge in [-0.2, -0.15) is 5.43 Å². The fraction of sp³-hybridized carbons (Fsp3) is 0.269. The Balaban J connectivity index is 1.52. The highest BCUT2D eigenvalue weighted by atomic mass is 79.9. The van der Waals surface area contributed by atoms with Crippen molar-refractivity contribution in [3.8, 4) is 11.5 Å². The van der Waals surface area contributed by atoms with Gasteiger partial charge in [0.2, 0.25) is 11.9 Å². The molecule has 2 N–H and O–H groups in total. The third-order valence-electron chi connectivity index (χ3n) is 5.90. The van der Waals surface area contributed by atoms with E-state index in [0.29, 0.717) is 16.0 Å². The number of nitrogens with zero attached hydrogens (tertiary/aromatic N) is 5. The second-order valence-corrected chi connectivity index (χ2v) is 9.45. The number of fused-ring (bicyclic) bond motifs is 1. The van der Waals surface area contributed by atoms with Gasteiger partial charge in [0.1, 0.15) is 24.2 Å². The van der Waals surface area contributed by atoms with Gasteiger partial charge in [-0.05, 0) is 51.8 Å². The van der Waals surface area contributed by atoms with Gasteiger partial charge in [0, 0.05) is 18.6 Å². The number of hydrazone groups is 1. The van der Waals surface area contributed by atoms with E-state index in [4.69, 9.17) is 9.47 Å². The number of ether oxygens (including phenoxy) is 2. The topological polar surface area (TPSA) is 119 Å². The highest BCUT2D eigenvalue weighted by Gasteiger charge is 2.51. The quantitative estimate of drug-likeness (QED) is 0.265. The molecule has 38 heavy (non-hydrogen) atoms. The number of methoxy groups -OCH3 is 1. The summed E-state index contributed by atoms with van der Waals surface area (Å²) in [6, 6.07) is 15.3. The first kappa shape index (κ1) is 27.0. The number of aliphatic imine (C=N–C) groups is 1. The number of likely N-dealkylation sites (N-methyl/N-ethyl adjacent to an activating group) is 2. The van der Waals surface area contributed by atoms with Crippen molar-refractivity contribution in [3.05, 3.63) is 64.6 Å². The molecule has 0 bridgehead atoms. The number of aliphatic hydroxyl groups excluding tert-OH is 1. The monoisotopic (exact) mass is 583 g/mol. The lowest BCUT2D eigenvalue weighted by Gasteiger charge is -2.32. The maximum Gasteiger partial charge on any atom is 0.414 e. The van der Waals surface area contributed by atoms with Crippen LogP contribution in [0.4, 0.5) is 4.79 Å². The van der Waals surface area contributed by atoms with E-state index in [1.54, 1.807) is 49.2 Å². The van der Waals surface area contributed by atoms with Crippen LogP contribution in [0.2, 0.25) is 0 Å². The average molecular weight is 584 g/mol. The van der Waals surface area contributed by atoms with Crippen LogP contribution in [0.1, 0.15) is 5.56 Å². The van der Waals surface area contributed by atoms with E-state index in [0.717, 1.165) is 10.5 Å². The molecule has 2 aliphatic heterocycles. The Bertz CT molecular complexity index is 1310. The van der Waals surface area contributed by atoms with Crippen molar-refractivity contribution in [2.45, 2.75) is 12.1 Å². The van der Waals surface area contributed by atoms with Crippen molar-refractivity contribution in [3.63, 3.8) is 0 Å². The second-order valence-electron chi connectivity index (χ2n) is 8.54. The van der Waals surface area contributed by atoms with Gasteiger partial charge in [-0.25, -0.2) is 9.37 Å². The number of rotatable bonds is 9. The van der Waals surface area contributed by atoms with Gasteiger partial charge in [0.25, 0.3) is 5.91 Å². The van der Waals surface area contributed by atoms with Gasteiger partial charge in [0.05, 0.1) is 19.9 Å². The molecule has 0 spiro atoms. The van der Waals surface area contributed by atoms with Crippen LogP contribution >= 0.6 is 15.9 Å². The van der Waals surface area contributed by atoms with Gasteiger partial charge >= 0.3 is 12.0 Å². The minimum absolute atomic E-state index is 0.00565. The molecular formula is C26H28BrN6O5+. The highest BCUT2D eigenvalue weighted by Crippen LogP contribution is 2.20. The number of urea groups is 1. The molecule has 0 aromatic heterocycles. The fourth-order valence-electron chi connectivity index (χ4n) is 3.92. The summed E-state index contributed by atoms with van der Waals surface area (Å²) in [6.07, 6.45) is 2.45. The van der Waals surface area contributed by atoms with Crippen molar-refractivity contribution < 1.29 is 28.7 Å². The van der Waals surface area contributed by atoms with E-state index in [1.807, 2.05) is 36.4 Å². The molecule has 0 aliphatic carbocycles. The summed E-state index contributed by atoms with van der Waals surface area (Å²) in [4.78, 5) is 32.3. The van der Waals surface area contributed by atoms with Crippen molar-refractivity contribution in [2.24, 2.45) is 10.1 Å². The zero-order chi connectivity index (χ0) is 27.2. The van der Waals surface area contributed by atoms with E-state index >= 15 is 0 Å². The average Bonchev–Trinajstić information content (AvgIpc) is 3.28. The first-order valence-corrected chi connectivity index (χ1v) is 12.5. The summed E-state index contributed by atoms with van der Waals surface area (Å²) in [5.74, 6) is 1.26. The van der Waals surface area contributed by atoms with Crippen LogP contribution in [0.15, 0.2) is 69.2 Å². The smallest absolute Gasteiger partial charge is 0.414 e. The number of β-amino-alcohol motifs (C(OH)–C–C–N with tert-alkyl or cyclic N) is 1. The minimum Gasteiger partial charge on any atom is -0.497 e. The Morgan fingerprint density at radius 2 is 1.84 bits per heavy atom. The Morgan fingerprint density at radius 1 is 1.16 bits per heavy atom. The summed E-state index contributed by atoms with van der Waals surface area (Å²) < 4.78 is 13.1. The molecule has 0 saturated carbocycles. The first-order chi connectivity index (χ1) is 18.3. The molecule has 2 aromatic carbocycles.